The SMILES string of the molecule is C[C@@H](OC(=O)CCCc1nc2ccccc2s1)C(=O)N(C)c1ccccc1. The molecule has 0 unspecified atom stereocenters. The normalized spacial score (nSPS) is 11.9. The molecule has 3 rings (SSSR count). The molecule has 0 N–H and O–H groups in total. The number of hydrogen-bond acceptors (Lipinski definition) is 5. The zero-order valence-electron chi connectivity index (χ0n) is 15.4. The number of thiazole rings is 1. The largest absolute Gasteiger partial charge is 0.453 e. The summed E-state index contributed by atoms with van der Waals surface area (Å²) in [5.41, 5.74) is 1.75. The van der Waals surface area contributed by atoms with Gasteiger partial charge in [-0.2, -0.15) is 0 Å². The Kier molecular flexibility index (Phi) is 6.19. The lowest BCUT2D eigenvalue weighted by Crippen LogP contribution is -2.37. The molecule has 6 heteroatoms. The highest BCUT2D eigenvalue weighted by atomic mass is 32.1. The molecule has 0 saturated carbocycles. The topological polar surface area (TPSA) is 59.5 Å². The van der Waals surface area contributed by atoms with Gasteiger partial charge in [0.15, 0.2) is 6.10 Å². The molecule has 27 heavy (non-hydrogen) atoms. The van der Waals surface area contributed by atoms with E-state index in [0.29, 0.717) is 6.42 Å². The van der Waals surface area contributed by atoms with Crippen LogP contribution in [0.1, 0.15) is 24.8 Å². The maximum atomic E-state index is 12.4. The minimum Gasteiger partial charge on any atom is -0.453 e. The van der Waals surface area contributed by atoms with Crippen LogP contribution in [0.5, 0.6) is 0 Å². The van der Waals surface area contributed by atoms with Crippen molar-refractivity contribution in [3.8, 4) is 0 Å². The number of carbonyl (C=O) groups is 2. The van der Waals surface area contributed by atoms with Crippen molar-refractivity contribution in [1.29, 1.82) is 0 Å². The van der Waals surface area contributed by atoms with Crippen molar-refractivity contribution in [3.05, 3.63) is 59.6 Å². The summed E-state index contributed by atoms with van der Waals surface area (Å²) in [6.07, 6.45) is 0.822. The number of para-hydroxylation sites is 2. The van der Waals surface area contributed by atoms with Gasteiger partial charge >= 0.3 is 5.97 Å². The van der Waals surface area contributed by atoms with Gasteiger partial charge in [0, 0.05) is 19.2 Å². The van der Waals surface area contributed by atoms with Gasteiger partial charge in [-0.05, 0) is 44.0 Å². The average molecular weight is 382 g/mol. The van der Waals surface area contributed by atoms with Gasteiger partial charge in [0.05, 0.1) is 15.2 Å². The van der Waals surface area contributed by atoms with Crippen LogP contribution >= 0.6 is 11.3 Å². The summed E-state index contributed by atoms with van der Waals surface area (Å²) >= 11 is 1.65. The summed E-state index contributed by atoms with van der Waals surface area (Å²) in [5.74, 6) is -0.612. The number of fused-ring (bicyclic) bond motifs is 1. The van der Waals surface area contributed by atoms with Crippen LogP contribution in [-0.4, -0.2) is 30.0 Å². The van der Waals surface area contributed by atoms with E-state index in [1.54, 1.807) is 25.3 Å². The third-order valence-electron chi connectivity index (χ3n) is 4.24. The van der Waals surface area contributed by atoms with Gasteiger partial charge in [0.1, 0.15) is 0 Å². The first-order chi connectivity index (χ1) is 13.0. The number of carbonyl (C=O) groups excluding carboxylic acids is 2. The van der Waals surface area contributed by atoms with Gasteiger partial charge in [-0.15, -0.1) is 11.3 Å². The van der Waals surface area contributed by atoms with Gasteiger partial charge in [-0.1, -0.05) is 30.3 Å². The minimum absolute atomic E-state index is 0.249. The van der Waals surface area contributed by atoms with Crippen molar-refractivity contribution in [3.63, 3.8) is 0 Å². The molecule has 1 amide bonds. The lowest BCUT2D eigenvalue weighted by atomic mass is 10.2. The lowest BCUT2D eigenvalue weighted by molar-refractivity contribution is -0.153. The smallest absolute Gasteiger partial charge is 0.306 e. The van der Waals surface area contributed by atoms with E-state index in [9.17, 15) is 9.59 Å². The first kappa shape index (κ1) is 19.0. The Bertz CT molecular complexity index is 890. The predicted molar refractivity (Wildman–Crippen MR) is 108 cm³/mol. The lowest BCUT2D eigenvalue weighted by Gasteiger charge is -2.21. The number of likely N-dealkylation sites (N-methyl/N-ethyl adjacent to an activating group) is 1. The standard InChI is InChI=1S/C21H22N2O3S/c1-15(21(25)23(2)16-9-4-3-5-10-16)26-20(24)14-8-13-19-22-17-11-6-7-12-18(17)27-19/h3-7,9-12,15H,8,13-14H2,1-2H3/t15-/m1/s1. The van der Waals surface area contributed by atoms with Crippen LogP contribution in [0.4, 0.5) is 5.69 Å². The fourth-order valence-corrected chi connectivity index (χ4v) is 3.78. The predicted octanol–water partition coefficient (Wildman–Crippen LogP) is 4.21. The van der Waals surface area contributed by atoms with Crippen molar-refractivity contribution < 1.29 is 14.3 Å². The summed E-state index contributed by atoms with van der Waals surface area (Å²) in [4.78, 5) is 30.5. The molecule has 0 spiro atoms. The molecular weight excluding hydrogens is 360 g/mol. The molecule has 0 fully saturated rings. The molecule has 140 valence electrons. The molecule has 0 radical (unpaired) electrons. The van der Waals surface area contributed by atoms with Gasteiger partial charge in [0.25, 0.3) is 5.91 Å². The molecule has 5 nitrogen and oxygen atoms in total. The molecule has 3 aromatic rings. The number of aryl methyl sites for hydroxylation is 1. The number of nitrogens with zero attached hydrogens (tertiary/aromatic N) is 2. The van der Waals surface area contributed by atoms with E-state index in [1.807, 2.05) is 54.6 Å². The van der Waals surface area contributed by atoms with Gasteiger partial charge in [0.2, 0.25) is 0 Å². The summed E-state index contributed by atoms with van der Waals surface area (Å²) in [5, 5.41) is 1.01. The van der Waals surface area contributed by atoms with E-state index in [4.69, 9.17) is 4.74 Å². The van der Waals surface area contributed by atoms with E-state index in [0.717, 1.165) is 27.3 Å². The molecule has 1 atom stereocenters. The Labute approximate surface area is 162 Å². The van der Waals surface area contributed by atoms with Gasteiger partial charge in [-0.25, -0.2) is 4.98 Å². The molecule has 1 aromatic heterocycles. The first-order valence-corrected chi connectivity index (χ1v) is 9.73. The van der Waals surface area contributed by atoms with Crippen molar-refractivity contribution in [2.24, 2.45) is 0 Å². The average Bonchev–Trinajstić information content (AvgIpc) is 3.10. The molecule has 0 saturated heterocycles. The number of hydrogen-bond donors (Lipinski definition) is 0. The molecule has 0 bridgehead atoms. The Balaban J connectivity index is 1.46. The number of aromatic nitrogens is 1. The third kappa shape index (κ3) is 4.92. The number of rotatable bonds is 7. The minimum atomic E-state index is -0.815. The molecule has 0 aliphatic rings. The first-order valence-electron chi connectivity index (χ1n) is 8.91. The van der Waals surface area contributed by atoms with E-state index < -0.39 is 6.10 Å². The van der Waals surface area contributed by atoms with Crippen LogP contribution in [0.25, 0.3) is 10.2 Å². The zero-order valence-corrected chi connectivity index (χ0v) is 16.2. The fourth-order valence-electron chi connectivity index (χ4n) is 2.77. The van der Waals surface area contributed by atoms with Crippen molar-refractivity contribution in [2.45, 2.75) is 32.3 Å². The molecule has 0 aliphatic heterocycles. The number of esters is 1. The van der Waals surface area contributed by atoms with Crippen LogP contribution in [0.3, 0.4) is 0 Å². The second-order valence-electron chi connectivity index (χ2n) is 6.29. The van der Waals surface area contributed by atoms with Crippen LogP contribution in [-0.2, 0) is 20.7 Å². The molecule has 1 heterocycles. The second-order valence-corrected chi connectivity index (χ2v) is 7.41. The molecular formula is C21H22N2O3S. The van der Waals surface area contributed by atoms with E-state index in [1.165, 1.54) is 4.90 Å². The van der Waals surface area contributed by atoms with E-state index in [2.05, 4.69) is 4.98 Å². The number of benzene rings is 2. The van der Waals surface area contributed by atoms with Gasteiger partial charge < -0.3 is 9.64 Å². The van der Waals surface area contributed by atoms with Crippen LogP contribution in [0, 0.1) is 0 Å². The maximum absolute atomic E-state index is 12.4. The highest BCUT2D eigenvalue weighted by Crippen LogP contribution is 2.22. The monoisotopic (exact) mass is 382 g/mol. The zero-order chi connectivity index (χ0) is 19.2. The summed E-state index contributed by atoms with van der Waals surface area (Å²) < 4.78 is 6.46. The molecule has 2 aromatic carbocycles. The number of amides is 1. The fraction of sp³-hybridized carbons (Fsp3) is 0.286. The number of ether oxygens (including phenoxy) is 1. The quantitative estimate of drug-likeness (QED) is 0.574. The highest BCUT2D eigenvalue weighted by molar-refractivity contribution is 7.18. The van der Waals surface area contributed by atoms with Crippen molar-refractivity contribution >= 4 is 39.1 Å². The van der Waals surface area contributed by atoms with Crippen LogP contribution in [0.15, 0.2) is 54.6 Å². The maximum Gasteiger partial charge on any atom is 0.306 e. The van der Waals surface area contributed by atoms with E-state index in [-0.39, 0.29) is 18.3 Å². The Morgan fingerprint density at radius 2 is 1.81 bits per heavy atom. The molecule has 0 aliphatic carbocycles. The van der Waals surface area contributed by atoms with E-state index >= 15 is 0 Å². The number of anilines is 1. The Morgan fingerprint density at radius 3 is 2.56 bits per heavy atom. The Morgan fingerprint density at radius 1 is 1.11 bits per heavy atom. The summed E-state index contributed by atoms with van der Waals surface area (Å²) in [7, 11) is 1.68. The van der Waals surface area contributed by atoms with Crippen LogP contribution < -0.4 is 4.90 Å². The van der Waals surface area contributed by atoms with Crippen molar-refractivity contribution in [2.75, 3.05) is 11.9 Å². The van der Waals surface area contributed by atoms with Crippen molar-refractivity contribution in [1.82, 2.24) is 4.98 Å². The second kappa shape index (κ2) is 8.77. The highest BCUT2D eigenvalue weighted by Gasteiger charge is 2.22. The van der Waals surface area contributed by atoms with Gasteiger partial charge in [-0.3, -0.25) is 9.59 Å². The summed E-state index contributed by atoms with van der Waals surface area (Å²) in [6.45, 7) is 1.60. The third-order valence-corrected chi connectivity index (χ3v) is 5.34. The Hall–Kier alpha value is -2.73. The summed E-state index contributed by atoms with van der Waals surface area (Å²) in [6, 6.07) is 17.3. The van der Waals surface area contributed by atoms with Crippen LogP contribution in [0.2, 0.25) is 0 Å².